The summed E-state index contributed by atoms with van der Waals surface area (Å²) in [5.41, 5.74) is 0. The van der Waals surface area contributed by atoms with Crippen LogP contribution in [0.4, 0.5) is 16.8 Å². The zero-order valence-electron chi connectivity index (χ0n) is 16.3. The Labute approximate surface area is 173 Å². The Balaban J connectivity index is 1.74. The first-order chi connectivity index (χ1) is 14.1. The molecule has 0 spiro atoms. The number of ether oxygens (including phenoxy) is 1. The molecule has 1 fully saturated rings. The number of carbonyl (C=O) groups excluding carboxylic acids is 1. The molecule has 0 aromatic carbocycles. The summed E-state index contributed by atoms with van der Waals surface area (Å²) in [7, 11) is 2.10. The highest BCUT2D eigenvalue weighted by Crippen LogP contribution is 2.25. The SMILES string of the molecule is C=CC(=O)CCCOc1nc(Nc2ncc(C#N)s2)cc(N2CCN(C)CC2)n1. The van der Waals surface area contributed by atoms with Gasteiger partial charge in [-0.25, -0.2) is 4.98 Å². The summed E-state index contributed by atoms with van der Waals surface area (Å²) < 4.78 is 5.70. The van der Waals surface area contributed by atoms with E-state index in [9.17, 15) is 4.79 Å². The van der Waals surface area contributed by atoms with Crippen LogP contribution in [-0.4, -0.2) is 65.5 Å². The van der Waals surface area contributed by atoms with E-state index in [1.165, 1.54) is 23.6 Å². The molecule has 0 aliphatic carbocycles. The smallest absolute Gasteiger partial charge is 0.320 e. The molecule has 0 unspecified atom stereocenters. The molecule has 3 rings (SSSR count). The predicted octanol–water partition coefficient (Wildman–Crippen LogP) is 2.21. The van der Waals surface area contributed by atoms with Gasteiger partial charge in [0.05, 0.1) is 12.8 Å². The Morgan fingerprint density at radius 3 is 2.90 bits per heavy atom. The number of carbonyl (C=O) groups is 1. The van der Waals surface area contributed by atoms with E-state index < -0.39 is 0 Å². The first kappa shape index (κ1) is 20.7. The number of hydrogen-bond donors (Lipinski definition) is 1. The van der Waals surface area contributed by atoms with E-state index in [0.29, 0.717) is 35.3 Å². The van der Waals surface area contributed by atoms with E-state index in [1.807, 2.05) is 6.07 Å². The van der Waals surface area contributed by atoms with E-state index in [0.717, 1.165) is 32.0 Å². The van der Waals surface area contributed by atoms with Gasteiger partial charge in [-0.3, -0.25) is 4.79 Å². The Hall–Kier alpha value is -3.03. The molecule has 0 atom stereocenters. The molecule has 29 heavy (non-hydrogen) atoms. The van der Waals surface area contributed by atoms with Crippen molar-refractivity contribution in [3.8, 4) is 12.1 Å². The summed E-state index contributed by atoms with van der Waals surface area (Å²) in [4.78, 5) is 29.4. The average Bonchev–Trinajstić information content (AvgIpc) is 3.19. The van der Waals surface area contributed by atoms with Crippen molar-refractivity contribution in [3.63, 3.8) is 0 Å². The van der Waals surface area contributed by atoms with E-state index in [4.69, 9.17) is 10.00 Å². The van der Waals surface area contributed by atoms with Crippen LogP contribution in [0.3, 0.4) is 0 Å². The molecule has 1 aliphatic heterocycles. The lowest BCUT2D eigenvalue weighted by Crippen LogP contribution is -2.44. The Kier molecular flexibility index (Phi) is 7.10. The van der Waals surface area contributed by atoms with Crippen LogP contribution in [0, 0.1) is 11.3 Å². The second-order valence-corrected chi connectivity index (χ2v) is 7.60. The number of hydrogen-bond acceptors (Lipinski definition) is 10. The molecular formula is C19H23N7O2S. The number of piperazine rings is 1. The highest BCUT2D eigenvalue weighted by Gasteiger charge is 2.18. The molecule has 0 saturated carbocycles. The summed E-state index contributed by atoms with van der Waals surface area (Å²) >= 11 is 1.25. The van der Waals surface area contributed by atoms with E-state index in [1.54, 1.807) is 0 Å². The minimum Gasteiger partial charge on any atom is -0.463 e. The normalized spacial score (nSPS) is 14.3. The lowest BCUT2D eigenvalue weighted by Gasteiger charge is -2.33. The van der Waals surface area contributed by atoms with Crippen LogP contribution in [-0.2, 0) is 4.79 Å². The van der Waals surface area contributed by atoms with Gasteiger partial charge >= 0.3 is 6.01 Å². The molecular weight excluding hydrogens is 390 g/mol. The van der Waals surface area contributed by atoms with Crippen molar-refractivity contribution < 1.29 is 9.53 Å². The monoisotopic (exact) mass is 413 g/mol. The number of ketones is 1. The van der Waals surface area contributed by atoms with Crippen molar-refractivity contribution in [1.29, 1.82) is 5.26 Å². The van der Waals surface area contributed by atoms with E-state index in [2.05, 4.69) is 49.8 Å². The molecule has 2 aromatic rings. The van der Waals surface area contributed by atoms with E-state index in [-0.39, 0.29) is 11.8 Å². The minimum absolute atomic E-state index is 0.0138. The summed E-state index contributed by atoms with van der Waals surface area (Å²) in [5, 5.41) is 12.7. The van der Waals surface area contributed by atoms with Crippen molar-refractivity contribution in [3.05, 3.63) is 29.8 Å². The van der Waals surface area contributed by atoms with Gasteiger partial charge in [0.15, 0.2) is 10.9 Å². The van der Waals surface area contributed by atoms with Crippen molar-refractivity contribution in [2.45, 2.75) is 12.8 Å². The number of likely N-dealkylation sites (N-methyl/N-ethyl adjacent to an activating group) is 1. The fourth-order valence-electron chi connectivity index (χ4n) is 2.74. The largest absolute Gasteiger partial charge is 0.463 e. The third-order valence-electron chi connectivity index (χ3n) is 4.40. The topological polar surface area (TPSA) is 107 Å². The van der Waals surface area contributed by atoms with Gasteiger partial charge < -0.3 is 19.9 Å². The van der Waals surface area contributed by atoms with Gasteiger partial charge in [-0.05, 0) is 19.5 Å². The van der Waals surface area contributed by atoms with Crippen LogP contribution in [0.15, 0.2) is 24.9 Å². The number of nitriles is 1. The van der Waals surface area contributed by atoms with Gasteiger partial charge in [0.25, 0.3) is 0 Å². The number of nitrogens with one attached hydrogen (secondary N) is 1. The van der Waals surface area contributed by atoms with Crippen LogP contribution < -0.4 is 15.0 Å². The maximum Gasteiger partial charge on any atom is 0.320 e. The van der Waals surface area contributed by atoms with Gasteiger partial charge in [-0.15, -0.1) is 0 Å². The predicted molar refractivity (Wildman–Crippen MR) is 112 cm³/mol. The molecule has 1 N–H and O–H groups in total. The molecule has 152 valence electrons. The van der Waals surface area contributed by atoms with Crippen LogP contribution in [0.1, 0.15) is 17.7 Å². The summed E-state index contributed by atoms with van der Waals surface area (Å²) in [6.07, 6.45) is 3.77. The molecule has 1 saturated heterocycles. The number of aromatic nitrogens is 3. The van der Waals surface area contributed by atoms with Crippen molar-refractivity contribution in [2.24, 2.45) is 0 Å². The third kappa shape index (κ3) is 5.97. The highest BCUT2D eigenvalue weighted by molar-refractivity contribution is 7.16. The molecule has 1 aliphatic rings. The van der Waals surface area contributed by atoms with Crippen molar-refractivity contribution in [1.82, 2.24) is 19.9 Å². The molecule has 3 heterocycles. The quantitative estimate of drug-likeness (QED) is 0.489. The van der Waals surface area contributed by atoms with Crippen molar-refractivity contribution in [2.75, 3.05) is 50.1 Å². The molecule has 10 heteroatoms. The van der Waals surface area contributed by atoms with Crippen molar-refractivity contribution >= 4 is 33.9 Å². The van der Waals surface area contributed by atoms with Crippen LogP contribution in [0.2, 0.25) is 0 Å². The number of rotatable bonds is 9. The van der Waals surface area contributed by atoms with E-state index >= 15 is 0 Å². The Morgan fingerprint density at radius 1 is 1.41 bits per heavy atom. The summed E-state index contributed by atoms with van der Waals surface area (Å²) in [6.45, 7) is 7.42. The molecule has 2 aromatic heterocycles. The van der Waals surface area contributed by atoms with Crippen LogP contribution in [0.5, 0.6) is 6.01 Å². The first-order valence-corrected chi connectivity index (χ1v) is 10.1. The molecule has 0 bridgehead atoms. The lowest BCUT2D eigenvalue weighted by molar-refractivity contribution is -0.114. The van der Waals surface area contributed by atoms with Gasteiger partial charge in [0.1, 0.15) is 22.6 Å². The second-order valence-electron chi connectivity index (χ2n) is 6.57. The summed E-state index contributed by atoms with van der Waals surface area (Å²) in [5.74, 6) is 1.30. The number of thiazole rings is 1. The first-order valence-electron chi connectivity index (χ1n) is 9.31. The number of nitrogens with zero attached hydrogens (tertiary/aromatic N) is 6. The standard InChI is InChI=1S/C19H23N7O2S/c1-3-14(27)5-4-10-28-18-22-16(23-19-21-13-15(12-20)29-19)11-17(24-18)26-8-6-25(2)7-9-26/h3,11,13H,1,4-10H2,2H3,(H,21,22,23,24). The molecule has 9 nitrogen and oxygen atoms in total. The lowest BCUT2D eigenvalue weighted by atomic mass is 10.2. The molecule has 0 amide bonds. The van der Waals surface area contributed by atoms with Crippen LogP contribution >= 0.6 is 11.3 Å². The fraction of sp³-hybridized carbons (Fsp3) is 0.421. The third-order valence-corrected chi connectivity index (χ3v) is 5.21. The maximum atomic E-state index is 11.3. The Bertz CT molecular complexity index is 900. The van der Waals surface area contributed by atoms with Gasteiger partial charge in [-0.2, -0.15) is 15.2 Å². The van der Waals surface area contributed by atoms with Gasteiger partial charge in [-0.1, -0.05) is 17.9 Å². The highest BCUT2D eigenvalue weighted by atomic mass is 32.1. The van der Waals surface area contributed by atoms with Crippen LogP contribution in [0.25, 0.3) is 0 Å². The number of allylic oxidation sites excluding steroid dienone is 1. The van der Waals surface area contributed by atoms with Gasteiger partial charge in [0.2, 0.25) is 0 Å². The number of anilines is 3. The summed E-state index contributed by atoms with van der Waals surface area (Å²) in [6, 6.07) is 4.17. The molecule has 0 radical (unpaired) electrons. The zero-order valence-corrected chi connectivity index (χ0v) is 17.1. The minimum atomic E-state index is -0.0138. The maximum absolute atomic E-state index is 11.3. The Morgan fingerprint density at radius 2 is 2.21 bits per heavy atom. The van der Waals surface area contributed by atoms with Gasteiger partial charge in [0, 0.05) is 38.7 Å². The average molecular weight is 414 g/mol. The second kappa shape index (κ2) is 9.95. The fourth-order valence-corrected chi connectivity index (χ4v) is 3.36. The zero-order chi connectivity index (χ0) is 20.6.